The maximum atomic E-state index is 13.4. The Morgan fingerprint density at radius 3 is 1.49 bits per heavy atom. The fraction of sp³-hybridized carbons (Fsp3) is 0.490. The van der Waals surface area contributed by atoms with E-state index in [0.717, 1.165) is 127 Å². The fourth-order valence-electron chi connectivity index (χ4n) is 9.65. The molecule has 2 aliphatic carbocycles. The molecule has 3 N–H and O–H groups in total. The van der Waals surface area contributed by atoms with Gasteiger partial charge in [-0.2, -0.15) is 4.98 Å². The van der Waals surface area contributed by atoms with E-state index in [1.165, 1.54) is 28.3 Å². The zero-order valence-electron chi connectivity index (χ0n) is 43.0. The molecule has 0 radical (unpaired) electrons. The molecule has 2 aliphatic heterocycles. The van der Waals surface area contributed by atoms with Gasteiger partial charge in [0.25, 0.3) is 22.9 Å². The number of nitrogens with zero attached hydrogens (tertiary/aromatic N) is 14. The minimum atomic E-state index is -1.34. The third-order valence-corrected chi connectivity index (χ3v) is 14.6. The van der Waals surface area contributed by atoms with Gasteiger partial charge in [0.2, 0.25) is 11.1 Å². The van der Waals surface area contributed by atoms with Crippen molar-refractivity contribution in [3.8, 4) is 0 Å². The number of nitrogen functional groups attached to an aromatic ring is 1. The molecule has 2 saturated heterocycles. The molecule has 2 saturated carbocycles. The second kappa shape index (κ2) is 23.3. The van der Waals surface area contributed by atoms with Gasteiger partial charge in [0.05, 0.1) is 34.6 Å². The number of carbonyl (C=O) groups is 2. The number of rotatable bonds is 9. The van der Waals surface area contributed by atoms with Crippen LogP contribution in [-0.2, 0) is 10.8 Å². The zero-order chi connectivity index (χ0) is 51.9. The Balaban J connectivity index is 0.000000161. The van der Waals surface area contributed by atoms with Gasteiger partial charge in [0.1, 0.15) is 34.1 Å². The topological polar surface area (TPSA) is 230 Å². The highest BCUT2D eigenvalue weighted by Gasteiger charge is 2.28. The highest BCUT2D eigenvalue weighted by Crippen LogP contribution is 2.32. The van der Waals surface area contributed by atoms with E-state index in [0.29, 0.717) is 28.0 Å². The van der Waals surface area contributed by atoms with Gasteiger partial charge in [0.15, 0.2) is 0 Å². The van der Waals surface area contributed by atoms with Gasteiger partial charge in [-0.3, -0.25) is 32.5 Å². The number of hydrogen-bond donors (Lipinski definition) is 2. The van der Waals surface area contributed by atoms with Gasteiger partial charge in [-0.1, -0.05) is 25.7 Å². The van der Waals surface area contributed by atoms with Crippen LogP contribution in [0.1, 0.15) is 84.2 Å². The second-order valence-electron chi connectivity index (χ2n) is 19.7. The molecule has 1 atom stereocenters. The highest BCUT2D eigenvalue weighted by atomic mass is 32.2. The first-order valence-corrected chi connectivity index (χ1v) is 26.5. The Bertz CT molecular complexity index is 3050. The summed E-state index contributed by atoms with van der Waals surface area (Å²) in [5.41, 5.74) is 7.76. The molecule has 10 rings (SSSR count). The van der Waals surface area contributed by atoms with E-state index < -0.39 is 10.8 Å². The number of anilines is 5. The number of likely N-dealkylation sites (N-methyl/N-ethyl adjacent to an activating group) is 2. The molecule has 388 valence electrons. The van der Waals surface area contributed by atoms with E-state index in [1.54, 1.807) is 62.0 Å². The van der Waals surface area contributed by atoms with Crippen molar-refractivity contribution >= 4 is 73.6 Å². The monoisotopic (exact) mass is 1020 g/mol. The maximum absolute atomic E-state index is 13.4. The molecule has 8 heterocycles. The van der Waals surface area contributed by atoms with Crippen LogP contribution in [0.4, 0.5) is 29.0 Å². The molecule has 73 heavy (non-hydrogen) atoms. The van der Waals surface area contributed by atoms with Crippen molar-refractivity contribution in [2.24, 2.45) is 0 Å². The van der Waals surface area contributed by atoms with E-state index in [4.69, 9.17) is 10.7 Å². The Labute approximate surface area is 427 Å². The second-order valence-corrected chi connectivity index (χ2v) is 20.9. The van der Waals surface area contributed by atoms with Crippen molar-refractivity contribution in [1.82, 2.24) is 58.6 Å². The van der Waals surface area contributed by atoms with Crippen LogP contribution < -0.4 is 32.0 Å². The molecule has 4 fully saturated rings. The lowest BCUT2D eigenvalue weighted by Crippen LogP contribution is -2.44. The number of amides is 2. The standard InChI is InChI=1S/C25H32N8O2.C16H20N4O3S.C10H16N4/c1-30(2)23(34)20-14-17-15-27-25(29-22(17)33(24(20)35)19-6-4-5-7-19)28-18-8-9-21(26-16-18)32-12-10-31(3)11-13-32;1-19(2)14(21)12-8-10-9-17-16(24(3)23)18-13(10)20(15(12)22)11-6-4-5-7-11;1-13-4-6-14(7-5-13)10-3-2-9(11)8-12-10/h8-9,14-16,19H,4-7,10-13H2,1-3H3,(H,27,28,29);8-9,11H,4-7H2,1-3H3;2-3,8H,4-7,11H2,1H3. The van der Waals surface area contributed by atoms with Crippen LogP contribution in [0.5, 0.6) is 0 Å². The predicted octanol–water partition coefficient (Wildman–Crippen LogP) is 4.26. The van der Waals surface area contributed by atoms with Gasteiger partial charge in [-0.25, -0.2) is 24.9 Å². The number of nitrogens with two attached hydrogens (primary N) is 1. The third-order valence-electron chi connectivity index (χ3n) is 13.9. The summed E-state index contributed by atoms with van der Waals surface area (Å²) >= 11 is 0. The summed E-state index contributed by atoms with van der Waals surface area (Å²) in [4.78, 5) is 90.0. The lowest BCUT2D eigenvalue weighted by Gasteiger charge is -2.33. The quantitative estimate of drug-likeness (QED) is 0.193. The lowest BCUT2D eigenvalue weighted by atomic mass is 10.1. The zero-order valence-corrected chi connectivity index (χ0v) is 43.8. The minimum absolute atomic E-state index is 0.0166. The van der Waals surface area contributed by atoms with Crippen LogP contribution in [0.2, 0.25) is 0 Å². The van der Waals surface area contributed by atoms with Crippen molar-refractivity contribution in [2.45, 2.75) is 68.6 Å². The van der Waals surface area contributed by atoms with Gasteiger partial charge >= 0.3 is 0 Å². The van der Waals surface area contributed by atoms with E-state index in [9.17, 15) is 23.4 Å². The number of pyridine rings is 4. The number of nitrogens with one attached hydrogen (secondary N) is 1. The van der Waals surface area contributed by atoms with Crippen LogP contribution in [0.3, 0.4) is 0 Å². The first kappa shape index (κ1) is 52.4. The highest BCUT2D eigenvalue weighted by molar-refractivity contribution is 7.84. The van der Waals surface area contributed by atoms with Crippen LogP contribution in [0.25, 0.3) is 22.1 Å². The van der Waals surface area contributed by atoms with Gasteiger partial charge < -0.3 is 40.4 Å². The van der Waals surface area contributed by atoms with Crippen LogP contribution in [0, 0.1) is 0 Å². The SMILES string of the molecule is CN(C)C(=O)c1cc2cnc(S(C)=O)nc2n(C2CCCC2)c1=O.CN1CCN(c2ccc(N)cn2)CC1.CN1CCN(c2ccc(Nc3ncc4cc(C(=O)N(C)C)c(=O)n(C5CCCC5)c4n3)cn2)CC1. The normalized spacial score (nSPS) is 17.2. The third kappa shape index (κ3) is 12.3. The molecule has 6 aromatic heterocycles. The molecule has 6 aromatic rings. The Morgan fingerprint density at radius 2 is 1.07 bits per heavy atom. The lowest BCUT2D eigenvalue weighted by molar-refractivity contribution is 0.0818. The van der Waals surface area contributed by atoms with Gasteiger partial charge in [-0.05, 0) is 76.2 Å². The summed E-state index contributed by atoms with van der Waals surface area (Å²) in [6, 6.07) is 11.1. The van der Waals surface area contributed by atoms with Crippen LogP contribution in [0.15, 0.2) is 75.9 Å². The first-order chi connectivity index (χ1) is 35.1. The molecule has 0 bridgehead atoms. The minimum Gasteiger partial charge on any atom is -0.397 e. The van der Waals surface area contributed by atoms with Crippen LogP contribution in [-0.4, -0.2) is 176 Å². The molecule has 2 amide bonds. The van der Waals surface area contributed by atoms with Gasteiger partial charge in [0, 0.05) is 122 Å². The van der Waals surface area contributed by atoms with Gasteiger partial charge in [-0.15, -0.1) is 0 Å². The summed E-state index contributed by atoms with van der Waals surface area (Å²) in [6.45, 7) is 8.27. The number of piperazine rings is 2. The maximum Gasteiger partial charge on any atom is 0.265 e. The molecular weight excluding hydrogens is 949 g/mol. The smallest absolute Gasteiger partial charge is 0.265 e. The fourth-order valence-corrected chi connectivity index (χ4v) is 10.1. The van der Waals surface area contributed by atoms with E-state index in [2.05, 4.69) is 63.9 Å². The average Bonchev–Trinajstić information content (AvgIpc) is 4.13. The molecule has 0 spiro atoms. The summed E-state index contributed by atoms with van der Waals surface area (Å²) in [6.07, 6.45) is 16.0. The average molecular weight is 1020 g/mol. The molecule has 4 aliphatic rings. The van der Waals surface area contributed by atoms with Crippen molar-refractivity contribution in [1.29, 1.82) is 0 Å². The Morgan fingerprint density at radius 1 is 0.616 bits per heavy atom. The molecule has 22 heteroatoms. The summed E-state index contributed by atoms with van der Waals surface area (Å²) < 4.78 is 15.0. The summed E-state index contributed by atoms with van der Waals surface area (Å²) in [7, 11) is 9.48. The first-order valence-electron chi connectivity index (χ1n) is 25.0. The molecule has 1 unspecified atom stereocenters. The Kier molecular flexibility index (Phi) is 16.7. The van der Waals surface area contributed by atoms with Crippen molar-refractivity contribution < 1.29 is 13.8 Å². The van der Waals surface area contributed by atoms with E-state index in [1.807, 2.05) is 24.3 Å². The molecule has 0 aromatic carbocycles. The number of fused-ring (bicyclic) bond motifs is 2. The number of carbonyl (C=O) groups excluding carboxylic acids is 2. The van der Waals surface area contributed by atoms with Crippen LogP contribution >= 0.6 is 0 Å². The van der Waals surface area contributed by atoms with E-state index in [-0.39, 0.29) is 51.3 Å². The number of hydrogen-bond acceptors (Lipinski definition) is 17. The summed E-state index contributed by atoms with van der Waals surface area (Å²) in [5.74, 6) is 1.74. The predicted molar refractivity (Wildman–Crippen MR) is 287 cm³/mol. The van der Waals surface area contributed by atoms with Crippen molar-refractivity contribution in [2.75, 3.05) is 122 Å². The van der Waals surface area contributed by atoms with Crippen molar-refractivity contribution in [3.63, 3.8) is 0 Å². The molecule has 21 nitrogen and oxygen atoms in total. The molecular formula is C51H68N16O5S. The number of aromatic nitrogens is 8. The van der Waals surface area contributed by atoms with E-state index >= 15 is 0 Å². The largest absolute Gasteiger partial charge is 0.397 e. The van der Waals surface area contributed by atoms with Crippen molar-refractivity contribution in [3.05, 3.63) is 93.0 Å². The summed E-state index contributed by atoms with van der Waals surface area (Å²) in [5, 5.41) is 4.71. The Hall–Kier alpha value is -6.91.